The summed E-state index contributed by atoms with van der Waals surface area (Å²) in [7, 11) is 1.52. The molecule has 1 saturated carbocycles. The van der Waals surface area contributed by atoms with E-state index in [9.17, 15) is 9.59 Å². The number of methoxy groups -OCH3 is 1. The van der Waals surface area contributed by atoms with Gasteiger partial charge in [-0.05, 0) is 36.5 Å². The highest BCUT2D eigenvalue weighted by molar-refractivity contribution is 5.76. The Kier molecular flexibility index (Phi) is 6.26. The molecule has 1 aliphatic carbocycles. The summed E-state index contributed by atoms with van der Waals surface area (Å²) in [4.78, 5) is 22.7. The highest BCUT2D eigenvalue weighted by Crippen LogP contribution is 2.29. The zero-order chi connectivity index (χ0) is 16.7. The van der Waals surface area contributed by atoms with E-state index in [2.05, 4.69) is 5.32 Å². The molecule has 0 unspecified atom stereocenters. The highest BCUT2D eigenvalue weighted by Gasteiger charge is 2.18. The predicted molar refractivity (Wildman–Crippen MR) is 86.1 cm³/mol. The number of primary amides is 1. The Hall–Kier alpha value is -2.24. The van der Waals surface area contributed by atoms with Crippen LogP contribution in [0, 0.1) is 5.92 Å². The number of benzene rings is 1. The molecule has 0 radical (unpaired) electrons. The van der Waals surface area contributed by atoms with E-state index in [4.69, 9.17) is 15.2 Å². The first-order valence-corrected chi connectivity index (χ1v) is 7.93. The van der Waals surface area contributed by atoms with Gasteiger partial charge < -0.3 is 20.5 Å². The van der Waals surface area contributed by atoms with Crippen molar-refractivity contribution in [3.63, 3.8) is 0 Å². The largest absolute Gasteiger partial charge is 0.493 e. The minimum Gasteiger partial charge on any atom is -0.493 e. The van der Waals surface area contributed by atoms with Crippen molar-refractivity contribution in [3.05, 3.63) is 23.8 Å². The first-order valence-electron chi connectivity index (χ1n) is 7.93. The normalized spacial score (nSPS) is 14.5. The van der Waals surface area contributed by atoms with Gasteiger partial charge in [0.05, 0.1) is 7.11 Å². The van der Waals surface area contributed by atoms with Crippen LogP contribution < -0.4 is 20.5 Å². The first kappa shape index (κ1) is 17.1. The summed E-state index contributed by atoms with van der Waals surface area (Å²) in [6.45, 7) is 0.242. The van der Waals surface area contributed by atoms with Crippen LogP contribution in [0.3, 0.4) is 0 Å². The van der Waals surface area contributed by atoms with Gasteiger partial charge in [0.2, 0.25) is 5.91 Å². The second-order valence-corrected chi connectivity index (χ2v) is 5.87. The number of nitrogens with two attached hydrogens (primary N) is 1. The van der Waals surface area contributed by atoms with Crippen molar-refractivity contribution in [1.82, 2.24) is 5.32 Å². The summed E-state index contributed by atoms with van der Waals surface area (Å²) in [5, 5.41) is 2.94. The molecule has 6 nitrogen and oxygen atoms in total. The van der Waals surface area contributed by atoms with Crippen LogP contribution in [0.4, 0.5) is 0 Å². The van der Waals surface area contributed by atoms with Gasteiger partial charge in [-0.1, -0.05) is 18.9 Å². The van der Waals surface area contributed by atoms with Gasteiger partial charge in [-0.25, -0.2) is 0 Å². The van der Waals surface area contributed by atoms with E-state index in [0.29, 0.717) is 30.4 Å². The van der Waals surface area contributed by atoms with Crippen molar-refractivity contribution < 1.29 is 19.1 Å². The van der Waals surface area contributed by atoms with Crippen LogP contribution in [0.5, 0.6) is 11.5 Å². The fourth-order valence-electron chi connectivity index (χ4n) is 2.84. The molecule has 1 fully saturated rings. The summed E-state index contributed by atoms with van der Waals surface area (Å²) < 4.78 is 10.5. The van der Waals surface area contributed by atoms with Crippen molar-refractivity contribution in [3.8, 4) is 11.5 Å². The van der Waals surface area contributed by atoms with E-state index >= 15 is 0 Å². The zero-order valence-electron chi connectivity index (χ0n) is 13.5. The first-order chi connectivity index (χ1) is 11.1. The van der Waals surface area contributed by atoms with Crippen LogP contribution in [0.1, 0.15) is 37.7 Å². The predicted octanol–water partition coefficient (Wildman–Crippen LogP) is 1.76. The molecule has 2 rings (SSSR count). The molecule has 0 atom stereocenters. The minimum absolute atomic E-state index is 0.0879. The highest BCUT2D eigenvalue weighted by atomic mass is 16.5. The third-order valence-electron chi connectivity index (χ3n) is 4.04. The molecule has 6 heteroatoms. The minimum atomic E-state index is -0.546. The van der Waals surface area contributed by atoms with Gasteiger partial charge in [-0.15, -0.1) is 0 Å². The molecular formula is C17H24N2O4. The van der Waals surface area contributed by atoms with Gasteiger partial charge in [-0.3, -0.25) is 9.59 Å². The number of hydrogen-bond donors (Lipinski definition) is 2. The maximum absolute atomic E-state index is 12.0. The van der Waals surface area contributed by atoms with Crippen LogP contribution in [0.2, 0.25) is 0 Å². The van der Waals surface area contributed by atoms with Crippen LogP contribution in [0.25, 0.3) is 0 Å². The molecule has 1 aromatic carbocycles. The Morgan fingerprint density at radius 2 is 2.00 bits per heavy atom. The topological polar surface area (TPSA) is 90.7 Å². The molecule has 0 saturated heterocycles. The second kappa shape index (κ2) is 8.41. The molecule has 2 amide bonds. The number of carbonyl (C=O) groups excluding carboxylic acids is 2. The average molecular weight is 320 g/mol. The number of amides is 2. The van der Waals surface area contributed by atoms with E-state index in [0.717, 1.165) is 18.4 Å². The third kappa shape index (κ3) is 5.47. The van der Waals surface area contributed by atoms with Gasteiger partial charge in [0.25, 0.3) is 5.91 Å². The maximum atomic E-state index is 12.0. The summed E-state index contributed by atoms with van der Waals surface area (Å²) in [6, 6.07) is 5.32. The molecular weight excluding hydrogens is 296 g/mol. The van der Waals surface area contributed by atoms with Crippen molar-refractivity contribution in [2.24, 2.45) is 11.7 Å². The SMILES string of the molecule is COc1cc(CNC(=O)CC2CCCC2)ccc1OCC(N)=O. The van der Waals surface area contributed by atoms with E-state index < -0.39 is 5.91 Å². The van der Waals surface area contributed by atoms with E-state index in [1.165, 1.54) is 20.0 Å². The lowest BCUT2D eigenvalue weighted by Gasteiger charge is -2.12. The van der Waals surface area contributed by atoms with Gasteiger partial charge in [-0.2, -0.15) is 0 Å². The van der Waals surface area contributed by atoms with Crippen molar-refractivity contribution in [1.29, 1.82) is 0 Å². The zero-order valence-corrected chi connectivity index (χ0v) is 13.5. The lowest BCUT2D eigenvalue weighted by molar-refractivity contribution is -0.122. The summed E-state index contributed by atoms with van der Waals surface area (Å²) in [6.07, 6.45) is 5.40. The molecule has 0 aliphatic heterocycles. The average Bonchev–Trinajstić information content (AvgIpc) is 3.04. The second-order valence-electron chi connectivity index (χ2n) is 5.87. The molecule has 1 aromatic rings. The number of ether oxygens (including phenoxy) is 2. The van der Waals surface area contributed by atoms with Crippen LogP contribution >= 0.6 is 0 Å². The Morgan fingerprint density at radius 3 is 2.65 bits per heavy atom. The van der Waals surface area contributed by atoms with E-state index in [1.807, 2.05) is 6.07 Å². The molecule has 23 heavy (non-hydrogen) atoms. The van der Waals surface area contributed by atoms with E-state index in [-0.39, 0.29) is 12.5 Å². The number of carbonyl (C=O) groups is 2. The Morgan fingerprint density at radius 1 is 1.26 bits per heavy atom. The van der Waals surface area contributed by atoms with Crippen LogP contribution in [-0.4, -0.2) is 25.5 Å². The molecule has 3 N–H and O–H groups in total. The summed E-state index contributed by atoms with van der Waals surface area (Å²) in [5.74, 6) is 1.04. The monoisotopic (exact) mass is 320 g/mol. The fraction of sp³-hybridized carbons (Fsp3) is 0.529. The molecule has 0 bridgehead atoms. The smallest absolute Gasteiger partial charge is 0.255 e. The quantitative estimate of drug-likeness (QED) is 0.763. The Bertz CT molecular complexity index is 554. The van der Waals surface area contributed by atoms with Gasteiger partial charge in [0.1, 0.15) is 0 Å². The summed E-state index contributed by atoms with van der Waals surface area (Å²) in [5.41, 5.74) is 5.97. The molecule has 0 spiro atoms. The maximum Gasteiger partial charge on any atom is 0.255 e. The van der Waals surface area contributed by atoms with Gasteiger partial charge >= 0.3 is 0 Å². The fourth-order valence-corrected chi connectivity index (χ4v) is 2.84. The molecule has 0 heterocycles. The van der Waals surface area contributed by atoms with Crippen LogP contribution in [-0.2, 0) is 16.1 Å². The number of hydrogen-bond acceptors (Lipinski definition) is 4. The molecule has 0 aromatic heterocycles. The van der Waals surface area contributed by atoms with Gasteiger partial charge in [0.15, 0.2) is 18.1 Å². The standard InChI is InChI=1S/C17H24N2O4/c1-22-15-8-13(6-7-14(15)23-11-16(18)20)10-19-17(21)9-12-4-2-3-5-12/h6-8,12H,2-5,9-11H2,1H3,(H2,18,20)(H,19,21). The molecule has 126 valence electrons. The Balaban J connectivity index is 1.86. The van der Waals surface area contributed by atoms with Gasteiger partial charge in [0, 0.05) is 13.0 Å². The van der Waals surface area contributed by atoms with E-state index in [1.54, 1.807) is 12.1 Å². The number of nitrogens with one attached hydrogen (secondary N) is 1. The van der Waals surface area contributed by atoms with Crippen molar-refractivity contribution in [2.45, 2.75) is 38.6 Å². The lowest BCUT2D eigenvalue weighted by Crippen LogP contribution is -2.24. The lowest BCUT2D eigenvalue weighted by atomic mass is 10.0. The van der Waals surface area contributed by atoms with Crippen molar-refractivity contribution in [2.75, 3.05) is 13.7 Å². The third-order valence-corrected chi connectivity index (χ3v) is 4.04. The summed E-state index contributed by atoms with van der Waals surface area (Å²) >= 11 is 0. The molecule has 1 aliphatic rings. The number of rotatable bonds is 8. The Labute approximate surface area is 136 Å². The van der Waals surface area contributed by atoms with Crippen molar-refractivity contribution >= 4 is 11.8 Å². The van der Waals surface area contributed by atoms with Crippen LogP contribution in [0.15, 0.2) is 18.2 Å².